The van der Waals surface area contributed by atoms with Crippen molar-refractivity contribution in [2.75, 3.05) is 0 Å². The van der Waals surface area contributed by atoms with Gasteiger partial charge in [0, 0.05) is 5.56 Å². The molecule has 0 unspecified atom stereocenters. The van der Waals surface area contributed by atoms with Gasteiger partial charge in [-0.05, 0) is 32.6 Å². The fourth-order valence-corrected chi connectivity index (χ4v) is 2.82. The van der Waals surface area contributed by atoms with Crippen LogP contribution in [0, 0.1) is 6.92 Å². The first kappa shape index (κ1) is 9.03. The summed E-state index contributed by atoms with van der Waals surface area (Å²) in [5.74, 6) is 0. The Morgan fingerprint density at radius 2 is 2.13 bits per heavy atom. The predicted molar refractivity (Wildman–Crippen MR) is 58.5 cm³/mol. The molecule has 15 heavy (non-hydrogen) atoms. The Kier molecular flexibility index (Phi) is 1.88. The Balaban J connectivity index is 2.40. The van der Waals surface area contributed by atoms with E-state index in [4.69, 9.17) is 0 Å². The van der Waals surface area contributed by atoms with Crippen LogP contribution in [0.1, 0.15) is 29.1 Å². The summed E-state index contributed by atoms with van der Waals surface area (Å²) >= 11 is 1.48. The quantitative estimate of drug-likeness (QED) is 0.674. The molecule has 5 heteroatoms. The molecule has 0 N–H and O–H groups in total. The molecule has 1 aliphatic carbocycles. The molecule has 0 saturated carbocycles. The van der Waals surface area contributed by atoms with Crippen molar-refractivity contribution in [2.24, 2.45) is 0 Å². The highest BCUT2D eigenvalue weighted by Crippen LogP contribution is 2.18. The zero-order valence-electron chi connectivity index (χ0n) is 8.49. The minimum absolute atomic E-state index is 0.0408. The third-order valence-corrected chi connectivity index (χ3v) is 3.60. The van der Waals surface area contributed by atoms with Gasteiger partial charge < -0.3 is 0 Å². The van der Waals surface area contributed by atoms with Crippen LogP contribution in [0.15, 0.2) is 4.79 Å². The van der Waals surface area contributed by atoms with Crippen molar-refractivity contribution in [1.29, 1.82) is 0 Å². The molecule has 0 radical (unpaired) electrons. The lowest BCUT2D eigenvalue weighted by molar-refractivity contribution is 0.651. The van der Waals surface area contributed by atoms with Crippen molar-refractivity contribution in [3.05, 3.63) is 26.6 Å². The van der Waals surface area contributed by atoms with E-state index in [0.29, 0.717) is 0 Å². The van der Waals surface area contributed by atoms with Crippen molar-refractivity contribution in [2.45, 2.75) is 32.6 Å². The van der Waals surface area contributed by atoms with Crippen LogP contribution in [0.3, 0.4) is 0 Å². The Hall–Kier alpha value is -1.23. The summed E-state index contributed by atoms with van der Waals surface area (Å²) in [7, 11) is 0. The van der Waals surface area contributed by atoms with Gasteiger partial charge in [0.25, 0.3) is 5.56 Å². The average Bonchev–Trinajstić information content (AvgIpc) is 2.59. The van der Waals surface area contributed by atoms with Gasteiger partial charge in [-0.3, -0.25) is 4.79 Å². The van der Waals surface area contributed by atoms with E-state index < -0.39 is 0 Å². The molecule has 0 atom stereocenters. The average molecular weight is 221 g/mol. The molecular formula is C10H11N3OS. The molecular weight excluding hydrogens is 210 g/mol. The summed E-state index contributed by atoms with van der Waals surface area (Å²) in [6.45, 7) is 1.90. The lowest BCUT2D eigenvalue weighted by Crippen LogP contribution is -2.24. The van der Waals surface area contributed by atoms with Gasteiger partial charge >= 0.3 is 0 Å². The Morgan fingerprint density at radius 1 is 1.33 bits per heavy atom. The Morgan fingerprint density at radius 3 is 3.00 bits per heavy atom. The van der Waals surface area contributed by atoms with Gasteiger partial charge in [0.05, 0.1) is 5.69 Å². The number of aromatic nitrogens is 3. The maximum Gasteiger partial charge on any atom is 0.278 e. The fraction of sp³-hybridized carbons (Fsp3) is 0.500. The zero-order chi connectivity index (χ0) is 10.4. The second kappa shape index (κ2) is 3.13. The van der Waals surface area contributed by atoms with E-state index in [1.165, 1.54) is 15.9 Å². The normalized spacial score (nSPS) is 15.5. The minimum Gasteiger partial charge on any atom is -0.267 e. The molecule has 0 aromatic carbocycles. The standard InChI is InChI=1S/C10H11N3OS/c1-6-12-13-9(14)7-4-2-3-5-8(7)11-10(13)15-6/h2-5H2,1H3. The largest absolute Gasteiger partial charge is 0.278 e. The predicted octanol–water partition coefficient (Wildman–Crippen LogP) is 1.34. The highest BCUT2D eigenvalue weighted by Gasteiger charge is 2.17. The molecule has 0 bridgehead atoms. The number of nitrogens with zero attached hydrogens (tertiary/aromatic N) is 3. The van der Waals surface area contributed by atoms with Crippen molar-refractivity contribution < 1.29 is 0 Å². The molecule has 0 fully saturated rings. The third-order valence-electron chi connectivity index (χ3n) is 2.78. The van der Waals surface area contributed by atoms with Gasteiger partial charge in [-0.1, -0.05) is 11.3 Å². The maximum atomic E-state index is 12.1. The van der Waals surface area contributed by atoms with E-state index in [9.17, 15) is 4.79 Å². The van der Waals surface area contributed by atoms with Gasteiger partial charge in [-0.15, -0.1) is 0 Å². The van der Waals surface area contributed by atoms with Crippen molar-refractivity contribution in [1.82, 2.24) is 14.6 Å². The Bertz CT molecular complexity index is 584. The number of aryl methyl sites for hydroxylation is 2. The number of hydrogen-bond donors (Lipinski definition) is 0. The van der Waals surface area contributed by atoms with Crippen LogP contribution in [-0.2, 0) is 12.8 Å². The summed E-state index contributed by atoms with van der Waals surface area (Å²) in [4.78, 5) is 17.3. The molecule has 4 nitrogen and oxygen atoms in total. The molecule has 3 rings (SSSR count). The summed E-state index contributed by atoms with van der Waals surface area (Å²) < 4.78 is 1.45. The molecule has 0 aliphatic heterocycles. The van der Waals surface area contributed by atoms with Crippen LogP contribution < -0.4 is 5.56 Å². The molecule has 0 spiro atoms. The number of fused-ring (bicyclic) bond motifs is 2. The molecule has 78 valence electrons. The van der Waals surface area contributed by atoms with Crippen LogP contribution in [0.5, 0.6) is 0 Å². The maximum absolute atomic E-state index is 12.1. The monoisotopic (exact) mass is 221 g/mol. The van der Waals surface area contributed by atoms with Crippen LogP contribution in [0.4, 0.5) is 0 Å². The molecule has 0 amide bonds. The van der Waals surface area contributed by atoms with Crippen LogP contribution in [0.2, 0.25) is 0 Å². The smallest absolute Gasteiger partial charge is 0.267 e. The molecule has 1 aliphatic rings. The van der Waals surface area contributed by atoms with E-state index in [1.54, 1.807) is 0 Å². The van der Waals surface area contributed by atoms with Crippen LogP contribution in [-0.4, -0.2) is 14.6 Å². The first-order chi connectivity index (χ1) is 7.25. The van der Waals surface area contributed by atoms with Crippen LogP contribution >= 0.6 is 11.3 Å². The van der Waals surface area contributed by atoms with Gasteiger partial charge in [0.1, 0.15) is 5.01 Å². The zero-order valence-corrected chi connectivity index (χ0v) is 9.30. The molecule has 2 aromatic rings. The highest BCUT2D eigenvalue weighted by atomic mass is 32.1. The molecule has 0 saturated heterocycles. The molecule has 2 heterocycles. The van der Waals surface area contributed by atoms with Crippen molar-refractivity contribution in [3.8, 4) is 0 Å². The van der Waals surface area contributed by atoms with E-state index in [2.05, 4.69) is 10.1 Å². The minimum atomic E-state index is 0.0408. The topological polar surface area (TPSA) is 47.3 Å². The van der Waals surface area contributed by atoms with E-state index in [-0.39, 0.29) is 5.56 Å². The first-order valence-corrected chi connectivity index (χ1v) is 5.95. The fourth-order valence-electron chi connectivity index (χ4n) is 2.07. The second-order valence-electron chi connectivity index (χ2n) is 3.86. The number of rotatable bonds is 0. The molecule has 2 aromatic heterocycles. The van der Waals surface area contributed by atoms with Gasteiger partial charge in [0.15, 0.2) is 0 Å². The Labute approximate surface area is 90.6 Å². The van der Waals surface area contributed by atoms with E-state index >= 15 is 0 Å². The highest BCUT2D eigenvalue weighted by molar-refractivity contribution is 7.16. The SMILES string of the molecule is Cc1nn2c(=O)c3c(nc2s1)CCCC3. The summed E-state index contributed by atoms with van der Waals surface area (Å²) in [5, 5.41) is 5.07. The van der Waals surface area contributed by atoms with Crippen molar-refractivity contribution in [3.63, 3.8) is 0 Å². The van der Waals surface area contributed by atoms with E-state index in [1.807, 2.05) is 6.92 Å². The summed E-state index contributed by atoms with van der Waals surface area (Å²) in [6.07, 6.45) is 4.05. The van der Waals surface area contributed by atoms with Crippen LogP contribution in [0.25, 0.3) is 4.96 Å². The van der Waals surface area contributed by atoms with Crippen molar-refractivity contribution >= 4 is 16.3 Å². The van der Waals surface area contributed by atoms with E-state index in [0.717, 1.165) is 46.9 Å². The number of hydrogen-bond acceptors (Lipinski definition) is 4. The second-order valence-corrected chi connectivity index (χ2v) is 5.02. The third kappa shape index (κ3) is 1.30. The lowest BCUT2D eigenvalue weighted by Gasteiger charge is -2.12. The van der Waals surface area contributed by atoms with Gasteiger partial charge in [-0.25, -0.2) is 4.98 Å². The summed E-state index contributed by atoms with van der Waals surface area (Å²) in [6, 6.07) is 0. The van der Waals surface area contributed by atoms with Gasteiger partial charge in [0.2, 0.25) is 4.96 Å². The summed E-state index contributed by atoms with van der Waals surface area (Å²) in [5.41, 5.74) is 1.91. The van der Waals surface area contributed by atoms with Gasteiger partial charge in [-0.2, -0.15) is 9.61 Å². The lowest BCUT2D eigenvalue weighted by atomic mass is 9.97. The first-order valence-electron chi connectivity index (χ1n) is 5.14.